The number of aliphatic hydroxyl groups excluding tert-OH is 1. The van der Waals surface area contributed by atoms with Crippen LogP contribution in [-0.2, 0) is 22.4 Å². The van der Waals surface area contributed by atoms with Crippen LogP contribution in [0.4, 0.5) is 9.80 Å². The van der Waals surface area contributed by atoms with Gasteiger partial charge >= 0.3 is 6.09 Å². The van der Waals surface area contributed by atoms with E-state index in [1.54, 1.807) is 24.5 Å². The molecule has 1 fully saturated rings. The fourth-order valence-electron chi connectivity index (χ4n) is 3.79. The lowest BCUT2D eigenvalue weighted by atomic mass is 9.94. The molecule has 1 aliphatic carbocycles. The lowest BCUT2D eigenvalue weighted by molar-refractivity contribution is -0.111. The Balaban J connectivity index is 1.41. The van der Waals surface area contributed by atoms with Crippen molar-refractivity contribution in [2.75, 3.05) is 18.4 Å². The largest absolute Gasteiger partial charge is 0.446 e. The predicted octanol–water partition coefficient (Wildman–Crippen LogP) is 2.73. The Kier molecular flexibility index (Phi) is 6.30. The highest BCUT2D eigenvalue weighted by molar-refractivity contribution is 7.16. The van der Waals surface area contributed by atoms with Crippen molar-refractivity contribution in [2.24, 2.45) is 0 Å². The summed E-state index contributed by atoms with van der Waals surface area (Å²) in [4.78, 5) is 31.1. The molecule has 0 saturated carbocycles. The number of thiophene rings is 1. The predicted molar refractivity (Wildman–Crippen MR) is 115 cm³/mol. The number of ether oxygens (including phenoxy) is 1. The molecule has 0 aromatic carbocycles. The Hall–Kier alpha value is -3.22. The summed E-state index contributed by atoms with van der Waals surface area (Å²) in [7, 11) is 0. The maximum absolute atomic E-state index is 12.3. The highest BCUT2D eigenvalue weighted by Gasteiger charge is 2.31. The van der Waals surface area contributed by atoms with Crippen molar-refractivity contribution in [3.8, 4) is 6.07 Å². The maximum atomic E-state index is 12.3. The number of likely N-dealkylation sites (tertiary alicyclic amines) is 1. The van der Waals surface area contributed by atoms with Gasteiger partial charge in [-0.3, -0.25) is 9.78 Å². The molecule has 3 heterocycles. The summed E-state index contributed by atoms with van der Waals surface area (Å²) in [5.74, 6) is -0.325. The first kappa shape index (κ1) is 21.0. The number of nitrogens with one attached hydrogen (secondary N) is 1. The van der Waals surface area contributed by atoms with Crippen LogP contribution >= 0.6 is 11.3 Å². The van der Waals surface area contributed by atoms with Crippen molar-refractivity contribution in [1.82, 2.24) is 9.88 Å². The van der Waals surface area contributed by atoms with Crippen molar-refractivity contribution >= 4 is 34.4 Å². The smallest absolute Gasteiger partial charge is 0.410 e. The number of hydrogen-bond acceptors (Lipinski definition) is 7. The fourth-order valence-corrected chi connectivity index (χ4v) is 5.05. The number of rotatable bonds is 4. The highest BCUT2D eigenvalue weighted by Crippen LogP contribution is 2.38. The van der Waals surface area contributed by atoms with Crippen molar-refractivity contribution in [1.29, 1.82) is 5.26 Å². The first-order valence-corrected chi connectivity index (χ1v) is 10.9. The van der Waals surface area contributed by atoms with E-state index in [2.05, 4.69) is 16.4 Å². The molecule has 31 heavy (non-hydrogen) atoms. The van der Waals surface area contributed by atoms with Gasteiger partial charge in [-0.05, 0) is 42.5 Å². The van der Waals surface area contributed by atoms with E-state index in [1.807, 2.05) is 6.07 Å². The number of hydrogen-bond donors (Lipinski definition) is 2. The second-order valence-electron chi connectivity index (χ2n) is 7.57. The first-order chi connectivity index (χ1) is 15.0. The lowest BCUT2D eigenvalue weighted by Crippen LogP contribution is -2.35. The molecule has 1 aliphatic heterocycles. The zero-order valence-corrected chi connectivity index (χ0v) is 17.6. The number of β-amino-alcohol motifs (C(OH)–C–C–N with tert-alkyl or cyclic N) is 1. The minimum atomic E-state index is -0.487. The van der Waals surface area contributed by atoms with E-state index in [0.717, 1.165) is 16.0 Å². The molecule has 4 rings (SSSR count). The Morgan fingerprint density at radius 3 is 3.00 bits per heavy atom. The zero-order chi connectivity index (χ0) is 21.8. The van der Waals surface area contributed by atoms with Crippen molar-refractivity contribution in [2.45, 2.75) is 37.9 Å². The van der Waals surface area contributed by atoms with Crippen molar-refractivity contribution in [3.63, 3.8) is 0 Å². The third-order valence-electron chi connectivity index (χ3n) is 5.37. The number of aliphatic hydroxyl groups is 1. The second kappa shape index (κ2) is 9.29. The standard InChI is InChI=1S/C22H22N4O4S/c23-11-18-17-5-4-16(30-22(29)26-9-7-15(27)13-26)10-19(17)31-21(18)25-20(28)6-3-14-2-1-8-24-12-14/h1-3,6,8,12,15-16,27H,4-5,7,9-10,13H2,(H,25,28)/b6-3+/t15-,16?/m0/s1. The Labute approximate surface area is 183 Å². The number of nitrogens with zero attached hydrogens (tertiary/aromatic N) is 3. The molecule has 160 valence electrons. The second-order valence-corrected chi connectivity index (χ2v) is 8.67. The zero-order valence-electron chi connectivity index (χ0n) is 16.8. The summed E-state index contributed by atoms with van der Waals surface area (Å²) < 4.78 is 5.63. The summed E-state index contributed by atoms with van der Waals surface area (Å²) in [6.07, 6.45) is 7.51. The number of carbonyl (C=O) groups is 2. The maximum Gasteiger partial charge on any atom is 0.410 e. The Morgan fingerprint density at radius 2 is 2.29 bits per heavy atom. The van der Waals surface area contributed by atoms with E-state index in [0.29, 0.717) is 49.3 Å². The van der Waals surface area contributed by atoms with Crippen LogP contribution in [0.5, 0.6) is 0 Å². The van der Waals surface area contributed by atoms with E-state index in [9.17, 15) is 20.0 Å². The number of pyridine rings is 1. The summed E-state index contributed by atoms with van der Waals surface area (Å²) in [5, 5.41) is 22.5. The lowest BCUT2D eigenvalue weighted by Gasteiger charge is -2.25. The number of carbonyl (C=O) groups excluding carboxylic acids is 2. The Morgan fingerprint density at radius 1 is 1.42 bits per heavy atom. The van der Waals surface area contributed by atoms with Gasteiger partial charge in [0.25, 0.3) is 0 Å². The topological polar surface area (TPSA) is 116 Å². The van der Waals surface area contributed by atoms with E-state index in [4.69, 9.17) is 4.74 Å². The molecule has 8 nitrogen and oxygen atoms in total. The van der Waals surface area contributed by atoms with E-state index >= 15 is 0 Å². The molecule has 2 N–H and O–H groups in total. The normalized spacial score (nSPS) is 20.3. The van der Waals surface area contributed by atoms with Gasteiger partial charge in [-0.2, -0.15) is 5.26 Å². The van der Waals surface area contributed by atoms with Gasteiger partial charge in [0, 0.05) is 42.9 Å². The van der Waals surface area contributed by atoms with Crippen LogP contribution < -0.4 is 5.32 Å². The quantitative estimate of drug-likeness (QED) is 0.709. The molecule has 2 aromatic heterocycles. The third kappa shape index (κ3) is 4.93. The monoisotopic (exact) mass is 438 g/mol. The van der Waals surface area contributed by atoms with Crippen LogP contribution in [0, 0.1) is 11.3 Å². The number of anilines is 1. The molecule has 1 saturated heterocycles. The molecule has 2 aromatic rings. The molecule has 2 atom stereocenters. The van der Waals surface area contributed by atoms with Crippen LogP contribution in [0.15, 0.2) is 30.6 Å². The molecular weight excluding hydrogens is 416 g/mol. The molecule has 2 amide bonds. The van der Waals surface area contributed by atoms with E-state index < -0.39 is 12.2 Å². The molecule has 0 bridgehead atoms. The SMILES string of the molecule is N#Cc1c(NC(=O)/C=C/c2cccnc2)sc2c1CCC(OC(=O)N1CC[C@H](O)C1)C2. The van der Waals surface area contributed by atoms with Crippen LogP contribution in [0.25, 0.3) is 6.08 Å². The molecular formula is C22H22N4O4S. The van der Waals surface area contributed by atoms with Gasteiger partial charge in [-0.25, -0.2) is 4.79 Å². The van der Waals surface area contributed by atoms with Crippen LogP contribution in [-0.4, -0.2) is 52.3 Å². The van der Waals surface area contributed by atoms with Crippen LogP contribution in [0.1, 0.15) is 34.4 Å². The molecule has 0 radical (unpaired) electrons. The van der Waals surface area contributed by atoms with Gasteiger partial charge in [0.2, 0.25) is 5.91 Å². The average molecular weight is 439 g/mol. The van der Waals surface area contributed by atoms with Gasteiger partial charge in [0.05, 0.1) is 11.7 Å². The molecule has 0 spiro atoms. The van der Waals surface area contributed by atoms with Gasteiger partial charge in [-0.15, -0.1) is 11.3 Å². The van der Waals surface area contributed by atoms with Crippen molar-refractivity contribution < 1.29 is 19.4 Å². The first-order valence-electron chi connectivity index (χ1n) is 10.1. The molecule has 1 unspecified atom stereocenters. The molecule has 2 aliphatic rings. The summed E-state index contributed by atoms with van der Waals surface area (Å²) >= 11 is 1.35. The molecule has 9 heteroatoms. The van der Waals surface area contributed by atoms with Crippen LogP contribution in [0.2, 0.25) is 0 Å². The van der Waals surface area contributed by atoms with Gasteiger partial charge in [0.15, 0.2) is 0 Å². The third-order valence-corrected chi connectivity index (χ3v) is 6.54. The number of nitriles is 1. The summed E-state index contributed by atoms with van der Waals surface area (Å²) in [6, 6.07) is 5.83. The average Bonchev–Trinajstić information content (AvgIpc) is 3.35. The highest BCUT2D eigenvalue weighted by atomic mass is 32.1. The number of fused-ring (bicyclic) bond motifs is 1. The van der Waals surface area contributed by atoms with Crippen LogP contribution in [0.3, 0.4) is 0 Å². The number of aromatic nitrogens is 1. The van der Waals surface area contributed by atoms with Crippen molar-refractivity contribution in [3.05, 3.63) is 52.2 Å². The van der Waals surface area contributed by atoms with E-state index in [1.165, 1.54) is 22.3 Å². The summed E-state index contributed by atoms with van der Waals surface area (Å²) in [6.45, 7) is 0.801. The van der Waals surface area contributed by atoms with Gasteiger partial charge in [0.1, 0.15) is 17.2 Å². The number of amides is 2. The summed E-state index contributed by atoms with van der Waals surface area (Å²) in [5.41, 5.74) is 2.21. The fraction of sp³-hybridized carbons (Fsp3) is 0.364. The van der Waals surface area contributed by atoms with Gasteiger partial charge < -0.3 is 20.1 Å². The van der Waals surface area contributed by atoms with E-state index in [-0.39, 0.29) is 12.0 Å². The minimum Gasteiger partial charge on any atom is -0.446 e. The minimum absolute atomic E-state index is 0.281. The van der Waals surface area contributed by atoms with Gasteiger partial charge in [-0.1, -0.05) is 6.07 Å². The Bertz CT molecular complexity index is 1040.